The predicted octanol–water partition coefficient (Wildman–Crippen LogP) is 2.00. The molecule has 1 aromatic carbocycles. The van der Waals surface area contributed by atoms with Gasteiger partial charge in [0.2, 0.25) is 11.7 Å². The monoisotopic (exact) mass is 284 g/mol. The van der Waals surface area contributed by atoms with Crippen molar-refractivity contribution in [2.24, 2.45) is 5.73 Å². The van der Waals surface area contributed by atoms with Crippen molar-refractivity contribution in [2.45, 2.75) is 6.42 Å². The van der Waals surface area contributed by atoms with E-state index in [0.29, 0.717) is 0 Å². The molecule has 1 amide bonds. The highest BCUT2D eigenvalue weighted by atomic mass is 32.1. The van der Waals surface area contributed by atoms with Gasteiger partial charge in [0.15, 0.2) is 23.3 Å². The molecule has 0 saturated heterocycles. The predicted molar refractivity (Wildman–Crippen MR) is 56.3 cm³/mol. The van der Waals surface area contributed by atoms with Crippen LogP contribution >= 0.6 is 12.2 Å². The number of anilines is 1. The number of nitrogens with one attached hydrogen (secondary N) is 1. The normalized spacial score (nSPS) is 10.3. The van der Waals surface area contributed by atoms with Crippen molar-refractivity contribution in [2.75, 3.05) is 5.32 Å². The van der Waals surface area contributed by atoms with E-state index >= 15 is 0 Å². The molecule has 0 aliphatic heterocycles. The van der Waals surface area contributed by atoms with Crippen molar-refractivity contribution < 1.29 is 26.7 Å². The van der Waals surface area contributed by atoms with Crippen LogP contribution < -0.4 is 11.1 Å². The molecule has 0 heterocycles. The minimum absolute atomic E-state index is 0.467. The van der Waals surface area contributed by atoms with Crippen molar-refractivity contribution in [1.82, 2.24) is 0 Å². The van der Waals surface area contributed by atoms with E-state index in [0.717, 1.165) is 0 Å². The van der Waals surface area contributed by atoms with Gasteiger partial charge in [-0.15, -0.1) is 0 Å². The zero-order chi connectivity index (χ0) is 14.0. The molecule has 0 bridgehead atoms. The van der Waals surface area contributed by atoms with Gasteiger partial charge < -0.3 is 11.1 Å². The van der Waals surface area contributed by atoms with Gasteiger partial charge in [-0.25, -0.2) is 22.0 Å². The molecule has 0 spiro atoms. The van der Waals surface area contributed by atoms with Crippen LogP contribution in [-0.2, 0) is 4.79 Å². The zero-order valence-corrected chi connectivity index (χ0v) is 9.31. The first kappa shape index (κ1) is 14.3. The molecule has 3 nitrogen and oxygen atoms in total. The van der Waals surface area contributed by atoms with Crippen molar-refractivity contribution in [3.63, 3.8) is 0 Å². The van der Waals surface area contributed by atoms with Gasteiger partial charge in [0.25, 0.3) is 0 Å². The third-order valence-electron chi connectivity index (χ3n) is 1.81. The summed E-state index contributed by atoms with van der Waals surface area (Å²) in [7, 11) is 0. The summed E-state index contributed by atoms with van der Waals surface area (Å²) in [5, 5.41) is 1.75. The third-order valence-corrected chi connectivity index (χ3v) is 2.06. The van der Waals surface area contributed by atoms with E-state index in [4.69, 9.17) is 5.73 Å². The van der Waals surface area contributed by atoms with Crippen molar-refractivity contribution in [1.29, 1.82) is 0 Å². The van der Waals surface area contributed by atoms with Gasteiger partial charge in [-0.2, -0.15) is 0 Å². The molecule has 0 radical (unpaired) electrons. The molecular formula is C9H5F5N2OS. The first-order valence-corrected chi connectivity index (χ1v) is 4.76. The number of nitrogens with two attached hydrogens (primary N) is 1. The van der Waals surface area contributed by atoms with E-state index < -0.39 is 52.1 Å². The lowest BCUT2D eigenvalue weighted by atomic mass is 10.2. The van der Waals surface area contributed by atoms with Crippen LogP contribution in [0.3, 0.4) is 0 Å². The summed E-state index contributed by atoms with van der Waals surface area (Å²) < 4.78 is 64.5. The van der Waals surface area contributed by atoms with Crippen molar-refractivity contribution in [3.05, 3.63) is 29.1 Å². The number of rotatable bonds is 3. The van der Waals surface area contributed by atoms with Crippen LogP contribution in [0.25, 0.3) is 0 Å². The second-order valence-electron chi connectivity index (χ2n) is 3.14. The van der Waals surface area contributed by atoms with Crippen molar-refractivity contribution in [3.8, 4) is 0 Å². The number of carbonyl (C=O) groups is 1. The molecule has 9 heteroatoms. The van der Waals surface area contributed by atoms with Gasteiger partial charge in [0.1, 0.15) is 5.69 Å². The summed E-state index contributed by atoms with van der Waals surface area (Å²) in [4.78, 5) is 9.99. The van der Waals surface area contributed by atoms with Gasteiger partial charge in [-0.3, -0.25) is 4.79 Å². The average molecular weight is 284 g/mol. The van der Waals surface area contributed by atoms with Gasteiger partial charge >= 0.3 is 0 Å². The van der Waals surface area contributed by atoms with E-state index in [9.17, 15) is 26.7 Å². The second-order valence-corrected chi connectivity index (χ2v) is 3.63. The maximum absolute atomic E-state index is 13.1. The molecule has 0 aliphatic carbocycles. The van der Waals surface area contributed by atoms with Gasteiger partial charge in [-0.1, -0.05) is 12.2 Å². The quantitative estimate of drug-likeness (QED) is 0.386. The molecule has 0 aliphatic rings. The maximum atomic E-state index is 13.1. The van der Waals surface area contributed by atoms with Gasteiger partial charge in [0.05, 0.1) is 11.4 Å². The fraction of sp³-hybridized carbons (Fsp3) is 0.111. The number of amides is 1. The Bertz CT molecular complexity index is 505. The molecule has 0 aromatic heterocycles. The Morgan fingerprint density at radius 1 is 1.00 bits per heavy atom. The Morgan fingerprint density at radius 3 is 1.78 bits per heavy atom. The minimum Gasteiger partial charge on any atom is -0.369 e. The SMILES string of the molecule is NC(=O)CC(=S)Nc1c(F)c(F)c(F)c(F)c1F. The molecule has 0 unspecified atom stereocenters. The molecule has 1 aromatic rings. The summed E-state index contributed by atoms with van der Waals surface area (Å²) >= 11 is 4.47. The van der Waals surface area contributed by atoms with Crippen LogP contribution in [0, 0.1) is 29.1 Å². The Kier molecular flexibility index (Phi) is 4.17. The van der Waals surface area contributed by atoms with Crippen LogP contribution in [0.5, 0.6) is 0 Å². The third kappa shape index (κ3) is 2.73. The fourth-order valence-electron chi connectivity index (χ4n) is 1.06. The van der Waals surface area contributed by atoms with Gasteiger partial charge in [-0.05, 0) is 0 Å². The Hall–Kier alpha value is -1.77. The van der Waals surface area contributed by atoms with E-state index in [1.807, 2.05) is 0 Å². The first-order chi connectivity index (χ1) is 8.25. The maximum Gasteiger partial charge on any atom is 0.224 e. The highest BCUT2D eigenvalue weighted by Crippen LogP contribution is 2.27. The molecule has 0 saturated carbocycles. The largest absolute Gasteiger partial charge is 0.369 e. The van der Waals surface area contributed by atoms with Crippen LogP contribution in [-0.4, -0.2) is 10.9 Å². The first-order valence-electron chi connectivity index (χ1n) is 4.35. The highest BCUT2D eigenvalue weighted by molar-refractivity contribution is 7.80. The van der Waals surface area contributed by atoms with E-state index in [2.05, 4.69) is 12.2 Å². The van der Waals surface area contributed by atoms with Crippen LogP contribution in [0.4, 0.5) is 27.6 Å². The highest BCUT2D eigenvalue weighted by Gasteiger charge is 2.26. The molecule has 0 fully saturated rings. The summed E-state index contributed by atoms with van der Waals surface area (Å²) in [6.45, 7) is 0. The number of carbonyl (C=O) groups excluding carboxylic acids is 1. The lowest BCUT2D eigenvalue weighted by Crippen LogP contribution is -2.22. The van der Waals surface area contributed by atoms with E-state index in [1.165, 1.54) is 0 Å². The lowest BCUT2D eigenvalue weighted by Gasteiger charge is -2.10. The number of hydrogen-bond acceptors (Lipinski definition) is 2. The summed E-state index contributed by atoms with van der Waals surface area (Å²) in [5.41, 5.74) is 3.42. The summed E-state index contributed by atoms with van der Waals surface area (Å²) in [6, 6.07) is 0. The molecule has 3 N–H and O–H groups in total. The smallest absolute Gasteiger partial charge is 0.224 e. The van der Waals surface area contributed by atoms with Crippen LogP contribution in [0.2, 0.25) is 0 Å². The Labute approximate surface area is 103 Å². The number of thiocarbonyl (C=S) groups is 1. The Morgan fingerprint density at radius 2 is 1.39 bits per heavy atom. The summed E-state index contributed by atoms with van der Waals surface area (Å²) in [6.07, 6.45) is -0.588. The number of benzene rings is 1. The molecule has 98 valence electrons. The standard InChI is InChI=1S/C9H5F5N2OS/c10-4-5(11)7(13)9(8(14)6(4)12)16-3(18)1-2(15)17/h1H2,(H2,15,17)(H,16,18). The molecule has 0 atom stereocenters. The van der Waals surface area contributed by atoms with Gasteiger partial charge in [0, 0.05) is 0 Å². The minimum atomic E-state index is -2.28. The van der Waals surface area contributed by atoms with Crippen LogP contribution in [0.15, 0.2) is 0 Å². The average Bonchev–Trinajstić information content (AvgIpc) is 2.29. The molecule has 18 heavy (non-hydrogen) atoms. The number of hydrogen-bond donors (Lipinski definition) is 2. The zero-order valence-electron chi connectivity index (χ0n) is 8.49. The topological polar surface area (TPSA) is 55.1 Å². The summed E-state index contributed by atoms with van der Waals surface area (Å²) in [5.74, 6) is -11.6. The Balaban J connectivity index is 3.18. The lowest BCUT2D eigenvalue weighted by molar-refractivity contribution is -0.116. The van der Waals surface area contributed by atoms with Crippen LogP contribution in [0.1, 0.15) is 6.42 Å². The van der Waals surface area contributed by atoms with E-state index in [1.54, 1.807) is 5.32 Å². The fourth-order valence-corrected chi connectivity index (χ4v) is 1.30. The molecular weight excluding hydrogens is 279 g/mol. The number of primary amides is 1. The van der Waals surface area contributed by atoms with Crippen molar-refractivity contribution >= 4 is 28.8 Å². The molecule has 1 rings (SSSR count). The van der Waals surface area contributed by atoms with E-state index in [-0.39, 0.29) is 0 Å². The second kappa shape index (κ2) is 5.25. The number of halogens is 5.